The van der Waals surface area contributed by atoms with Gasteiger partial charge in [-0.15, -0.1) is 0 Å². The fourth-order valence-electron chi connectivity index (χ4n) is 1.86. The third-order valence-electron chi connectivity index (χ3n) is 2.95. The molecule has 0 aromatic carbocycles. The molecule has 7 heteroatoms. The topological polar surface area (TPSA) is 52.6 Å². The van der Waals surface area contributed by atoms with Crippen LogP contribution in [0, 0.1) is 0 Å². The molecule has 1 saturated heterocycles. The van der Waals surface area contributed by atoms with Gasteiger partial charge in [0.15, 0.2) is 6.10 Å². The molecular formula is C11H19F3N2O2. The Kier molecular flexibility index (Phi) is 5.87. The van der Waals surface area contributed by atoms with E-state index in [2.05, 4.69) is 5.32 Å². The number of rotatable bonds is 4. The highest BCUT2D eigenvalue weighted by Crippen LogP contribution is 2.19. The molecule has 0 bridgehead atoms. The first kappa shape index (κ1) is 15.2. The van der Waals surface area contributed by atoms with Crippen molar-refractivity contribution in [2.45, 2.75) is 38.0 Å². The average molecular weight is 268 g/mol. The van der Waals surface area contributed by atoms with Crippen LogP contribution >= 0.6 is 0 Å². The summed E-state index contributed by atoms with van der Waals surface area (Å²) in [7, 11) is 0. The normalized spacial score (nSPS) is 19.4. The number of carbonyl (C=O) groups is 1. The minimum atomic E-state index is -4.64. The number of alkyl halides is 3. The van der Waals surface area contributed by atoms with Crippen LogP contribution in [0.4, 0.5) is 13.2 Å². The molecule has 2 N–H and O–H groups in total. The van der Waals surface area contributed by atoms with Gasteiger partial charge in [0.05, 0.1) is 6.54 Å². The second kappa shape index (κ2) is 6.94. The fraction of sp³-hybridized carbons (Fsp3) is 0.909. The van der Waals surface area contributed by atoms with E-state index in [0.29, 0.717) is 13.1 Å². The lowest BCUT2D eigenvalue weighted by molar-refractivity contribution is -0.201. The molecule has 1 aliphatic heterocycles. The van der Waals surface area contributed by atoms with Gasteiger partial charge in [0.2, 0.25) is 5.91 Å². The summed E-state index contributed by atoms with van der Waals surface area (Å²) >= 11 is 0. The monoisotopic (exact) mass is 268 g/mol. The zero-order valence-electron chi connectivity index (χ0n) is 10.2. The smallest absolute Gasteiger partial charge is 0.382 e. The lowest BCUT2D eigenvalue weighted by Crippen LogP contribution is -2.43. The second-order valence-corrected chi connectivity index (χ2v) is 4.48. The number of nitrogens with one attached hydrogen (secondary N) is 1. The van der Waals surface area contributed by atoms with Gasteiger partial charge in [0.25, 0.3) is 0 Å². The van der Waals surface area contributed by atoms with Crippen LogP contribution in [0.15, 0.2) is 0 Å². The molecule has 1 atom stereocenters. The van der Waals surface area contributed by atoms with Crippen LogP contribution in [0.2, 0.25) is 0 Å². The number of aliphatic hydroxyl groups is 1. The summed E-state index contributed by atoms with van der Waals surface area (Å²) in [5.74, 6) is -0.203. The van der Waals surface area contributed by atoms with E-state index in [0.717, 1.165) is 25.7 Å². The van der Waals surface area contributed by atoms with Crippen molar-refractivity contribution in [3.05, 3.63) is 0 Å². The van der Waals surface area contributed by atoms with E-state index in [4.69, 9.17) is 5.11 Å². The van der Waals surface area contributed by atoms with Crippen LogP contribution in [0.5, 0.6) is 0 Å². The highest BCUT2D eigenvalue weighted by Gasteiger charge is 2.37. The van der Waals surface area contributed by atoms with Gasteiger partial charge >= 0.3 is 6.18 Å². The number of hydrogen-bond donors (Lipinski definition) is 2. The Bertz CT molecular complexity index is 264. The van der Waals surface area contributed by atoms with Gasteiger partial charge in [-0.3, -0.25) is 4.79 Å². The summed E-state index contributed by atoms with van der Waals surface area (Å²) in [6.45, 7) is 0.529. The maximum absolute atomic E-state index is 12.0. The molecule has 0 aliphatic carbocycles. The predicted molar refractivity (Wildman–Crippen MR) is 60.0 cm³/mol. The molecule has 0 aromatic rings. The SMILES string of the molecule is O=C(CNCC(O)C(F)(F)F)N1CCCCCC1. The first-order valence-corrected chi connectivity index (χ1v) is 6.14. The molecule has 0 saturated carbocycles. The minimum absolute atomic E-state index is 0.160. The number of likely N-dealkylation sites (tertiary alicyclic amines) is 1. The highest BCUT2D eigenvalue weighted by atomic mass is 19.4. The second-order valence-electron chi connectivity index (χ2n) is 4.48. The van der Waals surface area contributed by atoms with Crippen LogP contribution in [0.25, 0.3) is 0 Å². The van der Waals surface area contributed by atoms with Gasteiger partial charge in [-0.25, -0.2) is 0 Å². The Balaban J connectivity index is 2.24. The molecule has 0 radical (unpaired) electrons. The molecule has 1 rings (SSSR count). The van der Waals surface area contributed by atoms with Crippen LogP contribution in [0.3, 0.4) is 0 Å². The van der Waals surface area contributed by atoms with Crippen LogP contribution in [-0.4, -0.2) is 54.4 Å². The molecular weight excluding hydrogens is 249 g/mol. The van der Waals surface area contributed by atoms with Crippen molar-refractivity contribution < 1.29 is 23.1 Å². The average Bonchev–Trinajstić information content (AvgIpc) is 2.55. The molecule has 1 aliphatic rings. The number of carbonyl (C=O) groups excluding carboxylic acids is 1. The Labute approximate surface area is 104 Å². The van der Waals surface area contributed by atoms with Gasteiger partial charge in [-0.05, 0) is 12.8 Å². The van der Waals surface area contributed by atoms with E-state index in [1.807, 2.05) is 0 Å². The standard InChI is InChI=1S/C11H19F3N2O2/c12-11(13,14)9(17)7-15-8-10(18)16-5-3-1-2-4-6-16/h9,15,17H,1-8H2. The maximum atomic E-state index is 12.0. The van der Waals surface area contributed by atoms with Gasteiger partial charge in [0, 0.05) is 19.6 Å². The number of halogens is 3. The number of hydrogen-bond acceptors (Lipinski definition) is 3. The number of amides is 1. The van der Waals surface area contributed by atoms with Crippen LogP contribution in [-0.2, 0) is 4.79 Å². The number of aliphatic hydroxyl groups excluding tert-OH is 1. The van der Waals surface area contributed by atoms with Crippen molar-refractivity contribution in [1.82, 2.24) is 10.2 Å². The summed E-state index contributed by atoms with van der Waals surface area (Å²) in [5.41, 5.74) is 0. The minimum Gasteiger partial charge on any atom is -0.382 e. The predicted octanol–water partition coefficient (Wildman–Crippen LogP) is 0.902. The third-order valence-corrected chi connectivity index (χ3v) is 2.95. The molecule has 4 nitrogen and oxygen atoms in total. The molecule has 18 heavy (non-hydrogen) atoms. The Hall–Kier alpha value is -0.820. The van der Waals surface area contributed by atoms with Crippen molar-refractivity contribution in [3.8, 4) is 0 Å². The molecule has 1 amide bonds. The quantitative estimate of drug-likeness (QED) is 0.796. The lowest BCUT2D eigenvalue weighted by Gasteiger charge is -2.21. The summed E-state index contributed by atoms with van der Waals surface area (Å²) in [5, 5.41) is 11.1. The fourth-order valence-corrected chi connectivity index (χ4v) is 1.86. The summed E-state index contributed by atoms with van der Waals surface area (Å²) < 4.78 is 36.0. The zero-order valence-corrected chi connectivity index (χ0v) is 10.2. The van der Waals surface area contributed by atoms with Crippen LogP contribution in [0.1, 0.15) is 25.7 Å². The van der Waals surface area contributed by atoms with Gasteiger partial charge < -0.3 is 15.3 Å². The van der Waals surface area contributed by atoms with E-state index in [1.54, 1.807) is 4.90 Å². The summed E-state index contributed by atoms with van der Waals surface area (Å²) in [6, 6.07) is 0. The van der Waals surface area contributed by atoms with E-state index in [-0.39, 0.29) is 12.5 Å². The molecule has 1 unspecified atom stereocenters. The Morgan fingerprint density at radius 1 is 1.22 bits per heavy atom. The number of nitrogens with zero attached hydrogens (tertiary/aromatic N) is 1. The van der Waals surface area contributed by atoms with Crippen molar-refractivity contribution in [1.29, 1.82) is 0 Å². The van der Waals surface area contributed by atoms with Crippen molar-refractivity contribution in [3.63, 3.8) is 0 Å². The first-order valence-electron chi connectivity index (χ1n) is 6.14. The van der Waals surface area contributed by atoms with Gasteiger partial charge in [0.1, 0.15) is 0 Å². The molecule has 0 aromatic heterocycles. The van der Waals surface area contributed by atoms with Crippen molar-refractivity contribution in [2.24, 2.45) is 0 Å². The third kappa shape index (κ3) is 5.22. The Morgan fingerprint density at radius 2 is 1.78 bits per heavy atom. The molecule has 1 heterocycles. The largest absolute Gasteiger partial charge is 0.415 e. The maximum Gasteiger partial charge on any atom is 0.415 e. The van der Waals surface area contributed by atoms with Crippen molar-refractivity contribution in [2.75, 3.05) is 26.2 Å². The summed E-state index contributed by atoms with van der Waals surface area (Å²) in [6.07, 6.45) is -3.00. The van der Waals surface area contributed by atoms with Crippen molar-refractivity contribution >= 4 is 5.91 Å². The summed E-state index contributed by atoms with van der Waals surface area (Å²) in [4.78, 5) is 13.3. The zero-order chi connectivity index (χ0) is 13.6. The van der Waals surface area contributed by atoms with E-state index in [1.165, 1.54) is 0 Å². The molecule has 0 spiro atoms. The highest BCUT2D eigenvalue weighted by molar-refractivity contribution is 5.78. The van der Waals surface area contributed by atoms with E-state index < -0.39 is 18.8 Å². The first-order chi connectivity index (χ1) is 8.41. The van der Waals surface area contributed by atoms with E-state index in [9.17, 15) is 18.0 Å². The van der Waals surface area contributed by atoms with E-state index >= 15 is 0 Å². The van der Waals surface area contributed by atoms with Gasteiger partial charge in [-0.2, -0.15) is 13.2 Å². The van der Waals surface area contributed by atoms with Gasteiger partial charge in [-0.1, -0.05) is 12.8 Å². The molecule has 106 valence electrons. The lowest BCUT2D eigenvalue weighted by atomic mass is 10.2. The van der Waals surface area contributed by atoms with Crippen LogP contribution < -0.4 is 5.32 Å². The Morgan fingerprint density at radius 3 is 2.28 bits per heavy atom. The molecule has 1 fully saturated rings.